The maximum absolute atomic E-state index is 12.6. The molecule has 1 aliphatic rings. The first-order chi connectivity index (χ1) is 4.67. The minimum absolute atomic E-state index is 0.0769. The number of halogens is 2. The number of aliphatic hydroxyl groups excluding tert-OH is 1. The minimum Gasteiger partial charge on any atom is -0.396 e. The molecule has 60 valence electrons. The van der Waals surface area contributed by atoms with Crippen LogP contribution in [-0.2, 0) is 4.74 Å². The summed E-state index contributed by atoms with van der Waals surface area (Å²) in [5.41, 5.74) is 0. The molecule has 1 fully saturated rings. The lowest BCUT2D eigenvalue weighted by molar-refractivity contribution is -0.0417. The van der Waals surface area contributed by atoms with Gasteiger partial charge in [-0.25, -0.2) is 8.78 Å². The Kier molecular flexibility index (Phi) is 2.21. The van der Waals surface area contributed by atoms with E-state index in [1.807, 2.05) is 0 Å². The Labute approximate surface area is 57.8 Å². The van der Waals surface area contributed by atoms with Crippen LogP contribution in [0.5, 0.6) is 0 Å². The van der Waals surface area contributed by atoms with Crippen molar-refractivity contribution in [1.82, 2.24) is 0 Å². The third-order valence-corrected chi connectivity index (χ3v) is 1.69. The van der Waals surface area contributed by atoms with Gasteiger partial charge in [0.2, 0.25) is 0 Å². The maximum Gasteiger partial charge on any atom is 0.276 e. The first-order valence-corrected chi connectivity index (χ1v) is 3.23. The van der Waals surface area contributed by atoms with E-state index in [4.69, 9.17) is 5.11 Å². The van der Waals surface area contributed by atoms with Crippen LogP contribution >= 0.6 is 0 Å². The first kappa shape index (κ1) is 7.88. The molecule has 10 heavy (non-hydrogen) atoms. The third-order valence-electron chi connectivity index (χ3n) is 1.69. The van der Waals surface area contributed by atoms with E-state index in [0.717, 1.165) is 0 Å². The van der Waals surface area contributed by atoms with Crippen molar-refractivity contribution in [2.24, 2.45) is 5.92 Å². The van der Waals surface area contributed by atoms with Gasteiger partial charge in [-0.2, -0.15) is 0 Å². The molecule has 4 heteroatoms. The second kappa shape index (κ2) is 2.80. The molecule has 0 saturated carbocycles. The molecule has 1 saturated heterocycles. The summed E-state index contributed by atoms with van der Waals surface area (Å²) < 4.78 is 29.7. The van der Waals surface area contributed by atoms with E-state index in [0.29, 0.717) is 0 Å². The second-order valence-electron chi connectivity index (χ2n) is 2.49. The van der Waals surface area contributed by atoms with Gasteiger partial charge in [0.25, 0.3) is 5.92 Å². The molecule has 0 radical (unpaired) electrons. The normalized spacial score (nSPS) is 30.9. The Morgan fingerprint density at radius 1 is 1.60 bits per heavy atom. The zero-order chi connectivity index (χ0) is 7.61. The number of hydrogen-bond acceptors (Lipinski definition) is 2. The molecule has 2 nitrogen and oxygen atoms in total. The van der Waals surface area contributed by atoms with Crippen LogP contribution < -0.4 is 0 Å². The third kappa shape index (κ3) is 1.44. The molecular weight excluding hydrogens is 142 g/mol. The molecule has 0 aromatic rings. The van der Waals surface area contributed by atoms with Crippen LogP contribution in [0.1, 0.15) is 6.42 Å². The summed E-state index contributed by atoms with van der Waals surface area (Å²) in [6, 6.07) is 0. The van der Waals surface area contributed by atoms with Crippen molar-refractivity contribution in [2.45, 2.75) is 12.3 Å². The van der Waals surface area contributed by atoms with Crippen molar-refractivity contribution in [3.8, 4) is 0 Å². The van der Waals surface area contributed by atoms with Gasteiger partial charge >= 0.3 is 0 Å². The molecular formula is C6H10F2O2. The number of hydrogen-bond donors (Lipinski definition) is 1. The van der Waals surface area contributed by atoms with Gasteiger partial charge in [0.1, 0.15) is 6.61 Å². The number of ether oxygens (including phenoxy) is 1. The lowest BCUT2D eigenvalue weighted by Gasteiger charge is -2.14. The van der Waals surface area contributed by atoms with Crippen LogP contribution in [0.2, 0.25) is 0 Å². The second-order valence-corrected chi connectivity index (χ2v) is 2.49. The fourth-order valence-electron chi connectivity index (χ4n) is 1.03. The fourth-order valence-corrected chi connectivity index (χ4v) is 1.03. The summed E-state index contributed by atoms with van der Waals surface area (Å²) >= 11 is 0. The maximum atomic E-state index is 12.6. The standard InChI is InChI=1S/C6H10F2O2/c7-6(8)4-10-3-5(6)1-2-9/h5,9H,1-4H2. The first-order valence-electron chi connectivity index (χ1n) is 3.23. The molecule has 1 N–H and O–H groups in total. The smallest absolute Gasteiger partial charge is 0.276 e. The van der Waals surface area contributed by atoms with Gasteiger partial charge in [-0.05, 0) is 6.42 Å². The van der Waals surface area contributed by atoms with Crippen LogP contribution in [0.4, 0.5) is 8.78 Å². The average Bonchev–Trinajstić information content (AvgIpc) is 2.13. The van der Waals surface area contributed by atoms with Crippen LogP contribution in [-0.4, -0.2) is 30.8 Å². The highest BCUT2D eigenvalue weighted by Gasteiger charge is 2.44. The molecule has 0 aromatic carbocycles. The van der Waals surface area contributed by atoms with Gasteiger partial charge in [-0.1, -0.05) is 0 Å². The molecule has 1 atom stereocenters. The Balaban J connectivity index is 2.43. The highest BCUT2D eigenvalue weighted by molar-refractivity contribution is 4.81. The predicted molar refractivity (Wildman–Crippen MR) is 31.0 cm³/mol. The Bertz CT molecular complexity index is 116. The lowest BCUT2D eigenvalue weighted by atomic mass is 10.0. The fraction of sp³-hybridized carbons (Fsp3) is 1.00. The zero-order valence-corrected chi connectivity index (χ0v) is 5.52. The van der Waals surface area contributed by atoms with Gasteiger partial charge in [0, 0.05) is 6.61 Å². The lowest BCUT2D eigenvalue weighted by Crippen LogP contribution is -2.26. The zero-order valence-electron chi connectivity index (χ0n) is 5.52. The van der Waals surface area contributed by atoms with Crippen molar-refractivity contribution in [2.75, 3.05) is 19.8 Å². The monoisotopic (exact) mass is 152 g/mol. The molecule has 1 rings (SSSR count). The summed E-state index contributed by atoms with van der Waals surface area (Å²) in [7, 11) is 0. The van der Waals surface area contributed by atoms with Gasteiger partial charge < -0.3 is 9.84 Å². The quantitative estimate of drug-likeness (QED) is 0.629. The Hall–Kier alpha value is -0.220. The molecule has 0 spiro atoms. The minimum atomic E-state index is -2.72. The summed E-state index contributed by atoms with van der Waals surface area (Å²) in [5, 5.41) is 8.37. The van der Waals surface area contributed by atoms with Crippen molar-refractivity contribution in [3.63, 3.8) is 0 Å². The summed E-state index contributed by atoms with van der Waals surface area (Å²) in [5.74, 6) is -3.50. The van der Waals surface area contributed by atoms with Gasteiger partial charge in [-0.3, -0.25) is 0 Å². The topological polar surface area (TPSA) is 29.5 Å². The van der Waals surface area contributed by atoms with Crippen LogP contribution in [0, 0.1) is 5.92 Å². The Morgan fingerprint density at radius 3 is 2.70 bits per heavy atom. The van der Waals surface area contributed by atoms with Gasteiger partial charge in [-0.15, -0.1) is 0 Å². The van der Waals surface area contributed by atoms with E-state index in [9.17, 15) is 8.78 Å². The Morgan fingerprint density at radius 2 is 2.30 bits per heavy atom. The van der Waals surface area contributed by atoms with Gasteiger partial charge in [0.05, 0.1) is 12.5 Å². The van der Waals surface area contributed by atoms with Crippen LogP contribution in [0.25, 0.3) is 0 Å². The highest BCUT2D eigenvalue weighted by atomic mass is 19.3. The molecule has 0 bridgehead atoms. The SMILES string of the molecule is OCCC1COCC1(F)F. The van der Waals surface area contributed by atoms with Crippen LogP contribution in [0.3, 0.4) is 0 Å². The average molecular weight is 152 g/mol. The molecule has 0 aliphatic carbocycles. The van der Waals surface area contributed by atoms with Crippen LogP contribution in [0.15, 0.2) is 0 Å². The van der Waals surface area contributed by atoms with Crippen molar-refractivity contribution in [1.29, 1.82) is 0 Å². The summed E-state index contributed by atoms with van der Waals surface area (Å²) in [4.78, 5) is 0. The number of alkyl halides is 2. The number of aliphatic hydroxyl groups is 1. The van der Waals surface area contributed by atoms with Gasteiger partial charge in [0.15, 0.2) is 0 Å². The molecule has 1 unspecified atom stereocenters. The number of rotatable bonds is 2. The highest BCUT2D eigenvalue weighted by Crippen LogP contribution is 2.32. The van der Waals surface area contributed by atoms with E-state index < -0.39 is 18.4 Å². The van der Waals surface area contributed by atoms with E-state index >= 15 is 0 Å². The van der Waals surface area contributed by atoms with E-state index in [2.05, 4.69) is 4.74 Å². The predicted octanol–water partition coefficient (Wildman–Crippen LogP) is 0.650. The van der Waals surface area contributed by atoms with E-state index in [1.54, 1.807) is 0 Å². The van der Waals surface area contributed by atoms with E-state index in [1.165, 1.54) is 0 Å². The molecule has 0 aromatic heterocycles. The summed E-state index contributed by atoms with van der Waals surface area (Å²) in [6.45, 7) is -0.602. The van der Waals surface area contributed by atoms with Crippen molar-refractivity contribution < 1.29 is 18.6 Å². The van der Waals surface area contributed by atoms with Crippen molar-refractivity contribution in [3.05, 3.63) is 0 Å². The molecule has 1 aliphatic heterocycles. The molecule has 0 amide bonds. The summed E-state index contributed by atoms with van der Waals surface area (Å²) in [6.07, 6.45) is 0.132. The van der Waals surface area contributed by atoms with E-state index in [-0.39, 0.29) is 19.6 Å². The molecule has 1 heterocycles. The van der Waals surface area contributed by atoms with Crippen molar-refractivity contribution >= 4 is 0 Å². The largest absolute Gasteiger partial charge is 0.396 e.